The molecule has 0 aromatic heterocycles. The Kier molecular flexibility index (Phi) is 3.03. The van der Waals surface area contributed by atoms with Crippen LogP contribution in [0.5, 0.6) is 0 Å². The molecule has 0 unspecified atom stereocenters. The van der Waals surface area contributed by atoms with Crippen LogP contribution in [0.1, 0.15) is 5.56 Å². The van der Waals surface area contributed by atoms with Gasteiger partial charge >= 0.3 is 0 Å². The van der Waals surface area contributed by atoms with Gasteiger partial charge in [-0.25, -0.2) is 0 Å². The van der Waals surface area contributed by atoms with Crippen LogP contribution in [0, 0.1) is 0 Å². The molecule has 2 heteroatoms. The summed E-state index contributed by atoms with van der Waals surface area (Å²) in [5.74, 6) is 0. The van der Waals surface area contributed by atoms with Crippen LogP contribution in [-0.2, 0) is 11.3 Å². The Morgan fingerprint density at radius 3 is 2.50 bits per heavy atom. The van der Waals surface area contributed by atoms with E-state index in [1.54, 1.807) is 0 Å². The van der Waals surface area contributed by atoms with Crippen LogP contribution in [0.15, 0.2) is 30.3 Å². The van der Waals surface area contributed by atoms with Gasteiger partial charge in [0.1, 0.15) is 7.85 Å². The summed E-state index contributed by atoms with van der Waals surface area (Å²) in [7, 11) is 2.00. The Hall–Kier alpha value is -0.755. The average Bonchev–Trinajstić information content (AvgIpc) is 2.03. The summed E-state index contributed by atoms with van der Waals surface area (Å²) in [5.41, 5.74) is 1.24. The van der Waals surface area contributed by atoms with Crippen LogP contribution in [-0.4, -0.2) is 14.4 Å². The zero-order valence-corrected chi connectivity index (χ0v) is 6.21. The van der Waals surface area contributed by atoms with Crippen LogP contribution in [0.25, 0.3) is 0 Å². The first-order valence-corrected chi connectivity index (χ1v) is 3.55. The van der Waals surface area contributed by atoms with Crippen LogP contribution in [0.4, 0.5) is 0 Å². The Morgan fingerprint density at radius 2 is 1.90 bits per heavy atom. The highest BCUT2D eigenvalue weighted by molar-refractivity contribution is 6.08. The molecule has 10 heavy (non-hydrogen) atoms. The van der Waals surface area contributed by atoms with E-state index in [-0.39, 0.29) is 0 Å². The highest BCUT2D eigenvalue weighted by atomic mass is 16.5. The summed E-state index contributed by atoms with van der Waals surface area (Å²) >= 11 is 0. The zero-order chi connectivity index (χ0) is 7.23. The molecule has 0 amide bonds. The quantitative estimate of drug-likeness (QED) is 0.555. The first kappa shape index (κ1) is 7.35. The van der Waals surface area contributed by atoms with Crippen molar-refractivity contribution in [2.24, 2.45) is 0 Å². The summed E-state index contributed by atoms with van der Waals surface area (Å²) in [6.45, 7) is 1.52. The lowest BCUT2D eigenvalue weighted by atomic mass is 10.2. The van der Waals surface area contributed by atoms with Crippen LogP contribution in [0.3, 0.4) is 0 Å². The molecule has 0 aliphatic carbocycles. The molecule has 0 atom stereocenters. The Morgan fingerprint density at radius 1 is 1.20 bits per heavy atom. The molecule has 0 aliphatic heterocycles. The first-order chi connectivity index (χ1) is 4.93. The monoisotopic (exact) mass is 134 g/mol. The molecule has 1 rings (SSSR count). The van der Waals surface area contributed by atoms with E-state index in [1.807, 2.05) is 26.0 Å². The molecule has 0 radical (unpaired) electrons. The van der Waals surface area contributed by atoms with Crippen molar-refractivity contribution in [1.29, 1.82) is 0 Å². The predicted octanol–water partition coefficient (Wildman–Crippen LogP) is 0.794. The Labute approximate surface area is 62.4 Å². The smallest absolute Gasteiger partial charge is 0.135 e. The molecule has 0 spiro atoms. The van der Waals surface area contributed by atoms with Gasteiger partial charge in [0.25, 0.3) is 0 Å². The molecule has 0 bridgehead atoms. The summed E-state index contributed by atoms with van der Waals surface area (Å²) in [6, 6.07) is 10.2. The van der Waals surface area contributed by atoms with Crippen molar-refractivity contribution in [1.82, 2.24) is 0 Å². The second kappa shape index (κ2) is 4.12. The minimum Gasteiger partial charge on any atom is -0.386 e. The van der Waals surface area contributed by atoms with Gasteiger partial charge in [-0.3, -0.25) is 0 Å². The van der Waals surface area contributed by atoms with Crippen molar-refractivity contribution in [2.75, 3.05) is 6.51 Å². The minimum absolute atomic E-state index is 0.733. The van der Waals surface area contributed by atoms with Gasteiger partial charge in [-0.05, 0) is 5.56 Å². The molecule has 0 heterocycles. The lowest BCUT2D eigenvalue weighted by molar-refractivity contribution is 0.165. The summed E-state index contributed by atoms with van der Waals surface area (Å²) in [6.07, 6.45) is 0. The topological polar surface area (TPSA) is 9.23 Å². The lowest BCUT2D eigenvalue weighted by Gasteiger charge is -1.98. The number of benzene rings is 1. The fourth-order valence-corrected chi connectivity index (χ4v) is 0.794. The lowest BCUT2D eigenvalue weighted by Crippen LogP contribution is -1.93. The molecule has 0 aliphatic rings. The molecule has 0 saturated heterocycles. The standard InChI is InChI=1S/C8H11BO/c9-7-10-6-8-4-2-1-3-5-8/h1-5H,6-7,9H2. The third-order valence-corrected chi connectivity index (χ3v) is 1.32. The summed E-state index contributed by atoms with van der Waals surface area (Å²) in [4.78, 5) is 0. The highest BCUT2D eigenvalue weighted by Crippen LogP contribution is 1.98. The third-order valence-electron chi connectivity index (χ3n) is 1.32. The summed E-state index contributed by atoms with van der Waals surface area (Å²) < 4.78 is 5.22. The van der Waals surface area contributed by atoms with Gasteiger partial charge in [0.15, 0.2) is 0 Å². The molecule has 1 aromatic carbocycles. The molecular weight excluding hydrogens is 123 g/mol. The Balaban J connectivity index is 2.43. The highest BCUT2D eigenvalue weighted by Gasteiger charge is 1.86. The molecule has 52 valence electrons. The maximum atomic E-state index is 5.22. The van der Waals surface area contributed by atoms with E-state index in [4.69, 9.17) is 4.74 Å². The number of ether oxygens (including phenoxy) is 1. The van der Waals surface area contributed by atoms with Crippen LogP contribution in [0.2, 0.25) is 0 Å². The van der Waals surface area contributed by atoms with Gasteiger partial charge < -0.3 is 4.74 Å². The normalized spacial score (nSPS) is 9.60. The predicted molar refractivity (Wildman–Crippen MR) is 44.6 cm³/mol. The number of hydrogen-bond acceptors (Lipinski definition) is 1. The fraction of sp³-hybridized carbons (Fsp3) is 0.250. The molecular formula is C8H11BO. The number of rotatable bonds is 3. The maximum absolute atomic E-state index is 5.22. The maximum Gasteiger partial charge on any atom is 0.135 e. The van der Waals surface area contributed by atoms with Gasteiger partial charge in [0.2, 0.25) is 0 Å². The second-order valence-corrected chi connectivity index (χ2v) is 2.12. The van der Waals surface area contributed by atoms with Crippen LogP contribution < -0.4 is 0 Å². The van der Waals surface area contributed by atoms with E-state index in [2.05, 4.69) is 12.1 Å². The Bertz CT molecular complexity index is 174. The van der Waals surface area contributed by atoms with Crippen molar-refractivity contribution in [3.63, 3.8) is 0 Å². The second-order valence-electron chi connectivity index (χ2n) is 2.12. The zero-order valence-electron chi connectivity index (χ0n) is 6.21. The van der Waals surface area contributed by atoms with E-state index < -0.39 is 0 Å². The van der Waals surface area contributed by atoms with Gasteiger partial charge in [-0.15, -0.1) is 0 Å². The van der Waals surface area contributed by atoms with E-state index >= 15 is 0 Å². The van der Waals surface area contributed by atoms with Gasteiger partial charge in [0, 0.05) is 6.51 Å². The van der Waals surface area contributed by atoms with Crippen LogP contribution >= 0.6 is 0 Å². The van der Waals surface area contributed by atoms with E-state index in [1.165, 1.54) is 5.56 Å². The molecule has 0 N–H and O–H groups in total. The van der Waals surface area contributed by atoms with E-state index in [0.717, 1.165) is 13.1 Å². The molecule has 1 nitrogen and oxygen atoms in total. The fourth-order valence-electron chi connectivity index (χ4n) is 0.794. The van der Waals surface area contributed by atoms with Gasteiger partial charge in [-0.2, -0.15) is 0 Å². The molecule has 0 fully saturated rings. The number of hydrogen-bond donors (Lipinski definition) is 0. The van der Waals surface area contributed by atoms with Gasteiger partial charge in [0.05, 0.1) is 6.61 Å². The summed E-state index contributed by atoms with van der Waals surface area (Å²) in [5, 5.41) is 0. The molecule has 0 saturated carbocycles. The van der Waals surface area contributed by atoms with E-state index in [9.17, 15) is 0 Å². The minimum atomic E-state index is 0.733. The van der Waals surface area contributed by atoms with Gasteiger partial charge in [-0.1, -0.05) is 30.3 Å². The van der Waals surface area contributed by atoms with Crippen molar-refractivity contribution < 1.29 is 4.74 Å². The van der Waals surface area contributed by atoms with Crippen molar-refractivity contribution in [2.45, 2.75) is 6.61 Å². The van der Waals surface area contributed by atoms with Crippen molar-refractivity contribution in [3.8, 4) is 0 Å². The van der Waals surface area contributed by atoms with Crippen molar-refractivity contribution in [3.05, 3.63) is 35.9 Å². The molecule has 1 aromatic rings. The SMILES string of the molecule is BCOCc1ccccc1. The first-order valence-electron chi connectivity index (χ1n) is 3.55. The van der Waals surface area contributed by atoms with E-state index in [0.29, 0.717) is 0 Å². The third kappa shape index (κ3) is 2.23. The average molecular weight is 134 g/mol. The largest absolute Gasteiger partial charge is 0.386 e. The van der Waals surface area contributed by atoms with Crippen molar-refractivity contribution >= 4 is 7.85 Å².